The van der Waals surface area contributed by atoms with E-state index in [2.05, 4.69) is 9.88 Å². The Kier molecular flexibility index (Phi) is 10.1. The predicted molar refractivity (Wildman–Crippen MR) is 134 cm³/mol. The van der Waals surface area contributed by atoms with Crippen LogP contribution in [0.25, 0.3) is 0 Å². The van der Waals surface area contributed by atoms with Crippen molar-refractivity contribution >= 4 is 23.8 Å². The number of aromatic nitrogens is 1. The molecule has 1 fully saturated rings. The van der Waals surface area contributed by atoms with E-state index in [1.54, 1.807) is 36.5 Å². The summed E-state index contributed by atoms with van der Waals surface area (Å²) < 4.78 is 5.71. The van der Waals surface area contributed by atoms with E-state index < -0.39 is 11.9 Å². The van der Waals surface area contributed by atoms with Crippen molar-refractivity contribution in [3.8, 4) is 5.88 Å². The highest BCUT2D eigenvalue weighted by molar-refractivity contribution is 6.21. The van der Waals surface area contributed by atoms with E-state index in [-0.39, 0.29) is 18.4 Å². The Morgan fingerprint density at radius 2 is 1.54 bits per heavy atom. The van der Waals surface area contributed by atoms with Crippen molar-refractivity contribution in [2.24, 2.45) is 0 Å². The SMILES string of the molecule is O=C(O)/C=C\C(=O)O.O=C1c2ccccc2C(=O)N1C/C=C/COc1cc(CN2CCCCC2)ccn1. The molecule has 0 spiro atoms. The topological polar surface area (TPSA) is 137 Å². The van der Waals surface area contributed by atoms with Crippen molar-refractivity contribution in [3.05, 3.63) is 83.6 Å². The summed E-state index contributed by atoms with van der Waals surface area (Å²) in [7, 11) is 0. The molecule has 2 N–H and O–H groups in total. The van der Waals surface area contributed by atoms with Gasteiger partial charge in [0.15, 0.2) is 0 Å². The summed E-state index contributed by atoms with van der Waals surface area (Å²) in [6, 6.07) is 10.9. The molecule has 2 aliphatic rings. The van der Waals surface area contributed by atoms with E-state index in [4.69, 9.17) is 14.9 Å². The lowest BCUT2D eigenvalue weighted by molar-refractivity contribution is -0.134. The van der Waals surface area contributed by atoms with E-state index in [0.717, 1.165) is 19.6 Å². The van der Waals surface area contributed by atoms with Crippen molar-refractivity contribution < 1.29 is 34.1 Å². The first kappa shape index (κ1) is 27.3. The summed E-state index contributed by atoms with van der Waals surface area (Å²) in [6.45, 7) is 3.80. The van der Waals surface area contributed by atoms with E-state index in [0.29, 0.717) is 35.8 Å². The maximum Gasteiger partial charge on any atom is 0.328 e. The number of nitrogens with zero attached hydrogens (tertiary/aromatic N) is 3. The average molecular weight is 508 g/mol. The number of carboxylic acid groups (broad SMARTS) is 2. The highest BCUT2D eigenvalue weighted by Gasteiger charge is 2.34. The van der Waals surface area contributed by atoms with Gasteiger partial charge in [-0.2, -0.15) is 0 Å². The number of piperidine rings is 1. The molecule has 1 aromatic carbocycles. The molecule has 2 amide bonds. The van der Waals surface area contributed by atoms with Crippen LogP contribution in [0.4, 0.5) is 0 Å². The molecule has 1 saturated heterocycles. The van der Waals surface area contributed by atoms with Gasteiger partial charge in [-0.15, -0.1) is 0 Å². The van der Waals surface area contributed by atoms with Gasteiger partial charge in [-0.05, 0) is 55.8 Å². The maximum absolute atomic E-state index is 12.3. The molecule has 10 heteroatoms. The van der Waals surface area contributed by atoms with Gasteiger partial charge in [-0.3, -0.25) is 19.4 Å². The second-order valence-corrected chi connectivity index (χ2v) is 8.40. The molecule has 0 unspecified atom stereocenters. The number of ether oxygens (including phenoxy) is 1. The van der Waals surface area contributed by atoms with Gasteiger partial charge in [-0.25, -0.2) is 14.6 Å². The number of carboxylic acids is 2. The van der Waals surface area contributed by atoms with Crippen LogP contribution < -0.4 is 4.74 Å². The van der Waals surface area contributed by atoms with Crippen LogP contribution in [-0.2, 0) is 16.1 Å². The number of carbonyl (C=O) groups excluding carboxylic acids is 2. The van der Waals surface area contributed by atoms with Gasteiger partial charge in [-0.1, -0.05) is 24.6 Å². The van der Waals surface area contributed by atoms with Gasteiger partial charge in [0.1, 0.15) is 6.61 Å². The van der Waals surface area contributed by atoms with Crippen LogP contribution in [0, 0.1) is 0 Å². The Balaban J connectivity index is 0.000000414. The molecule has 1 aromatic heterocycles. The normalized spacial score (nSPS) is 15.5. The molecule has 4 rings (SSSR count). The highest BCUT2D eigenvalue weighted by Crippen LogP contribution is 2.22. The molecule has 0 saturated carbocycles. The quantitative estimate of drug-likeness (QED) is 0.298. The van der Waals surface area contributed by atoms with E-state index in [1.165, 1.54) is 29.7 Å². The molecule has 3 heterocycles. The minimum absolute atomic E-state index is 0.234. The molecule has 0 aliphatic carbocycles. The number of amides is 2. The first-order chi connectivity index (χ1) is 17.8. The third-order valence-electron chi connectivity index (χ3n) is 5.68. The third-order valence-corrected chi connectivity index (χ3v) is 5.68. The molecule has 0 radical (unpaired) electrons. The van der Waals surface area contributed by atoms with Gasteiger partial charge in [0.2, 0.25) is 5.88 Å². The monoisotopic (exact) mass is 507 g/mol. The number of aliphatic carboxylic acids is 2. The molecule has 10 nitrogen and oxygen atoms in total. The van der Waals surface area contributed by atoms with Gasteiger partial charge >= 0.3 is 11.9 Å². The second-order valence-electron chi connectivity index (χ2n) is 8.40. The Morgan fingerprint density at radius 3 is 2.14 bits per heavy atom. The first-order valence-electron chi connectivity index (χ1n) is 11.9. The van der Waals surface area contributed by atoms with Crippen LogP contribution in [0.2, 0.25) is 0 Å². The summed E-state index contributed by atoms with van der Waals surface area (Å²) >= 11 is 0. The molecule has 2 aliphatic heterocycles. The van der Waals surface area contributed by atoms with Crippen LogP contribution in [0.1, 0.15) is 45.5 Å². The van der Waals surface area contributed by atoms with Crippen LogP contribution in [0.15, 0.2) is 66.9 Å². The number of carbonyl (C=O) groups is 4. The van der Waals surface area contributed by atoms with E-state index in [1.807, 2.05) is 18.2 Å². The number of benzene rings is 1. The summed E-state index contributed by atoms with van der Waals surface area (Å²) in [5.74, 6) is -2.42. The lowest BCUT2D eigenvalue weighted by atomic mass is 10.1. The maximum atomic E-state index is 12.3. The Labute approximate surface area is 214 Å². The summed E-state index contributed by atoms with van der Waals surface area (Å²) in [6.07, 6.45) is 10.3. The van der Waals surface area contributed by atoms with Crippen molar-refractivity contribution in [3.63, 3.8) is 0 Å². The van der Waals surface area contributed by atoms with Crippen LogP contribution in [0.5, 0.6) is 5.88 Å². The number of hydrogen-bond donors (Lipinski definition) is 2. The van der Waals surface area contributed by atoms with Crippen LogP contribution >= 0.6 is 0 Å². The lowest BCUT2D eigenvalue weighted by Gasteiger charge is -2.26. The number of pyridine rings is 1. The molecule has 0 bridgehead atoms. The molecule has 37 heavy (non-hydrogen) atoms. The van der Waals surface area contributed by atoms with Gasteiger partial charge in [0.25, 0.3) is 11.8 Å². The minimum Gasteiger partial charge on any atom is -0.478 e. The number of fused-ring (bicyclic) bond motifs is 1. The number of rotatable bonds is 9. The number of imide groups is 1. The lowest BCUT2D eigenvalue weighted by Crippen LogP contribution is -2.29. The fourth-order valence-corrected chi connectivity index (χ4v) is 3.93. The van der Waals surface area contributed by atoms with Gasteiger partial charge in [0.05, 0.1) is 11.1 Å². The number of likely N-dealkylation sites (tertiary alicyclic amines) is 1. The largest absolute Gasteiger partial charge is 0.478 e. The Morgan fingerprint density at radius 1 is 0.919 bits per heavy atom. The van der Waals surface area contributed by atoms with Crippen molar-refractivity contribution in [2.75, 3.05) is 26.2 Å². The van der Waals surface area contributed by atoms with E-state index in [9.17, 15) is 19.2 Å². The molecule has 2 aromatic rings. The zero-order valence-electron chi connectivity index (χ0n) is 20.3. The molecule has 0 atom stereocenters. The minimum atomic E-state index is -1.26. The average Bonchev–Trinajstić information content (AvgIpc) is 3.13. The third kappa shape index (κ3) is 8.39. The van der Waals surface area contributed by atoms with Crippen molar-refractivity contribution in [1.82, 2.24) is 14.8 Å². The summed E-state index contributed by atoms with van der Waals surface area (Å²) in [5.41, 5.74) is 2.14. The van der Waals surface area contributed by atoms with Crippen molar-refractivity contribution in [1.29, 1.82) is 0 Å². The van der Waals surface area contributed by atoms with Gasteiger partial charge in [0, 0.05) is 37.5 Å². The molecule has 194 valence electrons. The number of hydrogen-bond acceptors (Lipinski definition) is 7. The Bertz CT molecular complexity index is 1140. The fraction of sp³-hybridized carbons (Fsp3) is 0.296. The van der Waals surface area contributed by atoms with Crippen LogP contribution in [-0.4, -0.2) is 75.0 Å². The predicted octanol–water partition coefficient (Wildman–Crippen LogP) is 3.01. The summed E-state index contributed by atoms with van der Waals surface area (Å²) in [5, 5.41) is 15.6. The van der Waals surface area contributed by atoms with Crippen LogP contribution in [0.3, 0.4) is 0 Å². The van der Waals surface area contributed by atoms with E-state index >= 15 is 0 Å². The highest BCUT2D eigenvalue weighted by atomic mass is 16.5. The molecular weight excluding hydrogens is 478 g/mol. The second kappa shape index (κ2) is 13.7. The smallest absolute Gasteiger partial charge is 0.328 e. The zero-order chi connectivity index (χ0) is 26.6. The fourth-order valence-electron chi connectivity index (χ4n) is 3.93. The first-order valence-corrected chi connectivity index (χ1v) is 11.9. The van der Waals surface area contributed by atoms with Crippen molar-refractivity contribution in [2.45, 2.75) is 25.8 Å². The van der Waals surface area contributed by atoms with Gasteiger partial charge < -0.3 is 14.9 Å². The zero-order valence-corrected chi connectivity index (χ0v) is 20.3. The summed E-state index contributed by atoms with van der Waals surface area (Å²) in [4.78, 5) is 51.7. The molecular formula is C27H29N3O7. The Hall–Kier alpha value is -4.31. The standard InChI is InChI=1S/C23H25N3O3.C4H4O4/c27-22-19-8-2-3-9-20(19)23(28)26(22)14-6-7-15-29-21-16-18(10-11-24-21)17-25-12-4-1-5-13-25;5-3(6)1-2-4(7)8/h2-3,6-11,16H,1,4-5,12-15,17H2;1-2H,(H,5,6)(H,7,8)/b7-6+;2-1-.